The lowest BCUT2D eigenvalue weighted by Crippen LogP contribution is -2.21. The number of aromatic nitrogens is 2. The summed E-state index contributed by atoms with van der Waals surface area (Å²) in [4.78, 5) is 31.2. The summed E-state index contributed by atoms with van der Waals surface area (Å²) < 4.78 is 31.6. The molecule has 0 aliphatic heterocycles. The minimum absolute atomic E-state index is 0.150. The molecule has 1 heterocycles. The van der Waals surface area contributed by atoms with Crippen molar-refractivity contribution in [1.29, 1.82) is 0 Å². The van der Waals surface area contributed by atoms with Crippen molar-refractivity contribution in [3.05, 3.63) is 111 Å². The van der Waals surface area contributed by atoms with Gasteiger partial charge in [-0.2, -0.15) is 9.78 Å². The lowest BCUT2D eigenvalue weighted by atomic mass is 9.96. The van der Waals surface area contributed by atoms with E-state index in [1.54, 1.807) is 30.3 Å². The number of aryl methyl sites for hydroxylation is 1. The van der Waals surface area contributed by atoms with Crippen molar-refractivity contribution in [2.45, 2.75) is 33.6 Å². The number of amides is 1. The van der Waals surface area contributed by atoms with Crippen LogP contribution in [0.5, 0.6) is 17.2 Å². The van der Waals surface area contributed by atoms with E-state index < -0.39 is 11.7 Å². The molecule has 0 spiro atoms. The first-order valence-electron chi connectivity index (χ1n) is 15.0. The van der Waals surface area contributed by atoms with Crippen LogP contribution in [-0.4, -0.2) is 42.1 Å². The monoisotopic (exact) mass is 656 g/mol. The summed E-state index contributed by atoms with van der Waals surface area (Å²) in [5.74, 6) is 0.838. The Morgan fingerprint density at radius 1 is 1.06 bits per heavy atom. The summed E-state index contributed by atoms with van der Waals surface area (Å²) in [6.07, 6.45) is 1.48. The molecule has 0 bridgehead atoms. The molecule has 5 rings (SSSR count). The zero-order chi connectivity index (χ0) is 33.7. The zero-order valence-corrected chi connectivity index (χ0v) is 27.4. The fourth-order valence-electron chi connectivity index (χ4n) is 5.02. The van der Waals surface area contributed by atoms with Gasteiger partial charge < -0.3 is 19.5 Å². The minimum atomic E-state index is -0.471. The van der Waals surface area contributed by atoms with Crippen molar-refractivity contribution in [1.82, 2.24) is 9.66 Å². The Kier molecular flexibility index (Phi) is 10.2. The van der Waals surface area contributed by atoms with Crippen LogP contribution in [0.1, 0.15) is 43.4 Å². The zero-order valence-electron chi connectivity index (χ0n) is 26.6. The molecule has 1 amide bonds. The normalized spacial score (nSPS) is 11.3. The molecule has 0 atom stereocenters. The van der Waals surface area contributed by atoms with Crippen LogP contribution in [0.15, 0.2) is 82.7 Å². The third-order valence-corrected chi connectivity index (χ3v) is 7.60. The van der Waals surface area contributed by atoms with Crippen LogP contribution in [0.3, 0.4) is 0 Å². The van der Waals surface area contributed by atoms with E-state index in [4.69, 9.17) is 30.8 Å². The molecule has 11 heteroatoms. The van der Waals surface area contributed by atoms with Gasteiger partial charge in [0, 0.05) is 11.3 Å². The van der Waals surface area contributed by atoms with Gasteiger partial charge in [-0.15, -0.1) is 0 Å². The number of halogens is 2. The first-order chi connectivity index (χ1) is 22.6. The number of carbonyl (C=O) groups excluding carboxylic acids is 1. The average Bonchev–Trinajstić information content (AvgIpc) is 3.04. The second-order valence-corrected chi connectivity index (χ2v) is 11.4. The number of methoxy groups -OCH3 is 1. The van der Waals surface area contributed by atoms with Crippen molar-refractivity contribution < 1.29 is 23.4 Å². The molecule has 0 unspecified atom stereocenters. The Morgan fingerprint density at radius 2 is 1.81 bits per heavy atom. The molecule has 0 saturated carbocycles. The van der Waals surface area contributed by atoms with E-state index in [1.165, 1.54) is 42.3 Å². The number of fused-ring (bicyclic) bond motifs is 1. The number of hydrogen-bond acceptors (Lipinski definition) is 7. The van der Waals surface area contributed by atoms with Crippen molar-refractivity contribution >= 4 is 40.3 Å². The third kappa shape index (κ3) is 7.44. The molecule has 0 aliphatic carbocycles. The molecule has 0 fully saturated rings. The second-order valence-electron chi connectivity index (χ2n) is 11.0. The Hall–Kier alpha value is -5.22. The topological polar surface area (TPSA) is 104 Å². The highest BCUT2D eigenvalue weighted by Gasteiger charge is 2.19. The molecule has 0 aliphatic rings. The smallest absolute Gasteiger partial charge is 0.282 e. The van der Waals surface area contributed by atoms with Gasteiger partial charge in [0.15, 0.2) is 23.9 Å². The lowest BCUT2D eigenvalue weighted by molar-refractivity contribution is -0.118. The molecule has 5 aromatic rings. The summed E-state index contributed by atoms with van der Waals surface area (Å²) in [6, 6.07) is 19.7. The first kappa shape index (κ1) is 33.2. The Bertz CT molecular complexity index is 2030. The fourth-order valence-corrected chi connectivity index (χ4v) is 5.30. The van der Waals surface area contributed by atoms with Gasteiger partial charge in [0.1, 0.15) is 11.6 Å². The summed E-state index contributed by atoms with van der Waals surface area (Å²) in [5, 5.41) is 7.79. The van der Waals surface area contributed by atoms with Gasteiger partial charge in [-0.25, -0.2) is 9.37 Å². The molecule has 242 valence electrons. The highest BCUT2D eigenvalue weighted by atomic mass is 35.5. The summed E-state index contributed by atoms with van der Waals surface area (Å²) in [5.41, 5.74) is 3.74. The van der Waals surface area contributed by atoms with Crippen molar-refractivity contribution in [2.24, 2.45) is 5.10 Å². The van der Waals surface area contributed by atoms with E-state index in [9.17, 15) is 14.0 Å². The summed E-state index contributed by atoms with van der Waals surface area (Å²) in [7, 11) is 1.44. The maximum Gasteiger partial charge on any atom is 0.282 e. The minimum Gasteiger partial charge on any atom is -0.494 e. The molecular weight excluding hydrogens is 623 g/mol. The van der Waals surface area contributed by atoms with Gasteiger partial charge in [0.2, 0.25) is 0 Å². The largest absolute Gasteiger partial charge is 0.494 e. The van der Waals surface area contributed by atoms with Gasteiger partial charge in [-0.05, 0) is 97.1 Å². The Labute approximate surface area is 276 Å². The molecule has 1 N–H and O–H groups in total. The van der Waals surface area contributed by atoms with E-state index in [-0.39, 0.29) is 34.6 Å². The van der Waals surface area contributed by atoms with Gasteiger partial charge in [-0.3, -0.25) is 9.59 Å². The average molecular weight is 657 g/mol. The molecule has 1 aromatic heterocycles. The second kappa shape index (κ2) is 14.5. The molecule has 4 aromatic carbocycles. The van der Waals surface area contributed by atoms with E-state index in [2.05, 4.69) is 24.3 Å². The Morgan fingerprint density at radius 3 is 2.51 bits per heavy atom. The SMILES string of the molecule is CCOc1cc(C)c(-c2nc3ccccc3c(=O)n2N=Cc2cc(Cl)c(OCC(=O)Nc3ccc(F)cc3)c(OC)c2)cc1C(C)C. The predicted octanol–water partition coefficient (Wildman–Crippen LogP) is 7.59. The number of para-hydroxylation sites is 1. The van der Waals surface area contributed by atoms with Gasteiger partial charge in [0.25, 0.3) is 11.5 Å². The van der Waals surface area contributed by atoms with Crippen molar-refractivity contribution in [3.63, 3.8) is 0 Å². The number of benzene rings is 4. The number of carbonyl (C=O) groups is 1. The van der Waals surface area contributed by atoms with Crippen LogP contribution < -0.4 is 25.1 Å². The Balaban J connectivity index is 1.50. The highest BCUT2D eigenvalue weighted by Crippen LogP contribution is 2.37. The number of rotatable bonds is 11. The molecule has 9 nitrogen and oxygen atoms in total. The molecule has 0 radical (unpaired) electrons. The maximum absolute atomic E-state index is 13.8. The number of nitrogens with zero attached hydrogens (tertiary/aromatic N) is 3. The summed E-state index contributed by atoms with van der Waals surface area (Å²) in [6.45, 7) is 8.21. The quantitative estimate of drug-likeness (QED) is 0.147. The van der Waals surface area contributed by atoms with Crippen LogP contribution in [0.4, 0.5) is 10.1 Å². The standard InChI is InChI=1S/C36H34ClFN4O5/c1-6-46-31-15-22(4)28(18-27(31)21(2)3)35-41-30-10-8-7-9-26(30)36(44)42(35)39-19-23-16-29(37)34(32(17-23)45-5)47-20-33(43)40-25-13-11-24(38)12-14-25/h7-19,21H,6,20H2,1-5H3,(H,40,43). The molecular formula is C36H34ClFN4O5. The fraction of sp³-hybridized carbons (Fsp3) is 0.222. The van der Waals surface area contributed by atoms with Gasteiger partial charge >= 0.3 is 0 Å². The first-order valence-corrected chi connectivity index (χ1v) is 15.4. The van der Waals surface area contributed by atoms with Gasteiger partial charge in [0.05, 0.1) is 35.9 Å². The van der Waals surface area contributed by atoms with Crippen molar-refractivity contribution in [2.75, 3.05) is 25.6 Å². The van der Waals surface area contributed by atoms with Crippen LogP contribution in [0, 0.1) is 12.7 Å². The van der Waals surface area contributed by atoms with Crippen LogP contribution in [0.25, 0.3) is 22.3 Å². The predicted molar refractivity (Wildman–Crippen MR) is 183 cm³/mol. The maximum atomic E-state index is 13.8. The summed E-state index contributed by atoms with van der Waals surface area (Å²) >= 11 is 6.57. The van der Waals surface area contributed by atoms with E-state index >= 15 is 0 Å². The van der Waals surface area contributed by atoms with Crippen LogP contribution >= 0.6 is 11.6 Å². The molecule has 0 saturated heterocycles. The lowest BCUT2D eigenvalue weighted by Gasteiger charge is -2.18. The number of anilines is 1. The van der Waals surface area contributed by atoms with Gasteiger partial charge in [-0.1, -0.05) is 37.6 Å². The highest BCUT2D eigenvalue weighted by molar-refractivity contribution is 6.32. The van der Waals surface area contributed by atoms with E-state index in [0.29, 0.717) is 34.6 Å². The van der Waals surface area contributed by atoms with E-state index in [0.717, 1.165) is 22.4 Å². The number of ether oxygens (including phenoxy) is 3. The number of nitrogens with one attached hydrogen (secondary N) is 1. The number of hydrogen-bond donors (Lipinski definition) is 1. The van der Waals surface area contributed by atoms with E-state index in [1.807, 2.05) is 32.0 Å². The van der Waals surface area contributed by atoms with Crippen molar-refractivity contribution in [3.8, 4) is 28.6 Å². The van der Waals surface area contributed by atoms with Crippen LogP contribution in [-0.2, 0) is 4.79 Å². The third-order valence-electron chi connectivity index (χ3n) is 7.32. The van der Waals surface area contributed by atoms with Crippen LogP contribution in [0.2, 0.25) is 5.02 Å². The molecule has 47 heavy (non-hydrogen) atoms.